The second kappa shape index (κ2) is 5.88. The summed E-state index contributed by atoms with van der Waals surface area (Å²) in [6.45, 7) is 4.87. The Morgan fingerprint density at radius 1 is 1.69 bits per heavy atom. The van der Waals surface area contributed by atoms with E-state index in [1.807, 2.05) is 11.8 Å². The third kappa shape index (κ3) is 4.80. The van der Waals surface area contributed by atoms with Crippen molar-refractivity contribution in [1.29, 1.82) is 0 Å². The second-order valence-electron chi connectivity index (χ2n) is 2.86. The zero-order chi connectivity index (χ0) is 10.4. The van der Waals surface area contributed by atoms with Crippen LogP contribution in [0.4, 0.5) is 0 Å². The molecule has 0 amide bonds. The molecule has 76 valence electrons. The summed E-state index contributed by atoms with van der Waals surface area (Å²) in [5, 5.41) is 8.74. The summed E-state index contributed by atoms with van der Waals surface area (Å²) in [5.74, 6) is -0.815. The molecule has 0 rings (SSSR count). The molecule has 0 aromatic rings. The van der Waals surface area contributed by atoms with Crippen molar-refractivity contribution in [3.8, 4) is 0 Å². The molecule has 0 aliphatic carbocycles. The van der Waals surface area contributed by atoms with Gasteiger partial charge in [-0.1, -0.05) is 19.1 Å². The number of likely N-dealkylation sites (N-methyl/N-ethyl adjacent to an activating group) is 1. The molecule has 0 saturated carbocycles. The third-order valence-corrected chi connectivity index (χ3v) is 2.16. The minimum atomic E-state index is -0.815. The lowest BCUT2D eigenvalue weighted by Crippen LogP contribution is -2.40. The highest BCUT2D eigenvalue weighted by Crippen LogP contribution is 2.00. The molecule has 0 fully saturated rings. The molecule has 0 aromatic heterocycles. The topological polar surface area (TPSA) is 66.6 Å². The quantitative estimate of drug-likeness (QED) is 0.615. The highest BCUT2D eigenvalue weighted by atomic mass is 32.1. The maximum atomic E-state index is 10.6. The van der Waals surface area contributed by atoms with Gasteiger partial charge in [-0.2, -0.15) is 0 Å². The Bertz CT molecular complexity index is 197. The van der Waals surface area contributed by atoms with Crippen LogP contribution in [0.3, 0.4) is 0 Å². The second-order valence-corrected chi connectivity index (χ2v) is 3.38. The van der Waals surface area contributed by atoms with Gasteiger partial charge in [-0.25, -0.2) is 0 Å². The summed E-state index contributed by atoms with van der Waals surface area (Å²) in [6.07, 6.45) is 0.570. The van der Waals surface area contributed by atoms with E-state index < -0.39 is 12.0 Å². The van der Waals surface area contributed by atoms with Crippen LogP contribution >= 0.6 is 12.2 Å². The number of carbonyl (C=O) groups is 1. The van der Waals surface area contributed by atoms with Crippen molar-refractivity contribution >= 4 is 23.2 Å². The van der Waals surface area contributed by atoms with Gasteiger partial charge < -0.3 is 10.8 Å². The summed E-state index contributed by atoms with van der Waals surface area (Å²) in [4.78, 5) is 12.9. The summed E-state index contributed by atoms with van der Waals surface area (Å²) in [7, 11) is 0. The number of carboxylic acids is 1. The van der Waals surface area contributed by atoms with Crippen LogP contribution in [0.15, 0.2) is 0 Å². The van der Waals surface area contributed by atoms with Crippen LogP contribution in [0, 0.1) is 0 Å². The first-order chi connectivity index (χ1) is 5.99. The van der Waals surface area contributed by atoms with Crippen LogP contribution < -0.4 is 5.73 Å². The standard InChI is InChI=1S/C8H16N2O2S/c1-3-10(5-4-7(9)13)6(2)8(11)12/h6H,3-5H2,1-2H3,(H2,9,13)(H,11,12). The van der Waals surface area contributed by atoms with Crippen molar-refractivity contribution in [1.82, 2.24) is 4.90 Å². The van der Waals surface area contributed by atoms with Crippen molar-refractivity contribution in [3.63, 3.8) is 0 Å². The summed E-state index contributed by atoms with van der Waals surface area (Å²) in [5.41, 5.74) is 5.33. The predicted octanol–water partition coefficient (Wildman–Crippen LogP) is 0.458. The van der Waals surface area contributed by atoms with Gasteiger partial charge in [0.15, 0.2) is 0 Å². The molecule has 0 aromatic carbocycles. The van der Waals surface area contributed by atoms with Crippen LogP contribution in [0.5, 0.6) is 0 Å². The molecule has 0 spiro atoms. The van der Waals surface area contributed by atoms with E-state index in [1.165, 1.54) is 0 Å². The average Bonchev–Trinajstić information content (AvgIpc) is 2.04. The van der Waals surface area contributed by atoms with Gasteiger partial charge in [0.2, 0.25) is 0 Å². The van der Waals surface area contributed by atoms with Crippen molar-refractivity contribution in [2.75, 3.05) is 13.1 Å². The Balaban J connectivity index is 4.02. The molecular weight excluding hydrogens is 188 g/mol. The number of nitrogens with two attached hydrogens (primary N) is 1. The lowest BCUT2D eigenvalue weighted by atomic mass is 10.2. The first kappa shape index (κ1) is 12.3. The number of hydrogen-bond acceptors (Lipinski definition) is 3. The molecular formula is C8H16N2O2S. The van der Waals surface area contributed by atoms with Gasteiger partial charge in [-0.15, -0.1) is 0 Å². The smallest absolute Gasteiger partial charge is 0.320 e. The predicted molar refractivity (Wildman–Crippen MR) is 55.7 cm³/mol. The van der Waals surface area contributed by atoms with Crippen molar-refractivity contribution in [2.45, 2.75) is 26.3 Å². The first-order valence-corrected chi connectivity index (χ1v) is 4.65. The van der Waals surface area contributed by atoms with Crippen LogP contribution in [0.25, 0.3) is 0 Å². The molecule has 1 unspecified atom stereocenters. The molecule has 0 heterocycles. The van der Waals surface area contributed by atoms with Crippen LogP contribution in [0.1, 0.15) is 20.3 Å². The van der Waals surface area contributed by atoms with Gasteiger partial charge in [0.05, 0.1) is 4.99 Å². The zero-order valence-electron chi connectivity index (χ0n) is 7.99. The maximum Gasteiger partial charge on any atom is 0.320 e. The lowest BCUT2D eigenvalue weighted by molar-refractivity contribution is -0.142. The molecule has 0 aliphatic heterocycles. The Morgan fingerprint density at radius 3 is 2.54 bits per heavy atom. The Hall–Kier alpha value is -0.680. The third-order valence-electron chi connectivity index (χ3n) is 1.96. The van der Waals surface area contributed by atoms with E-state index in [-0.39, 0.29) is 0 Å². The molecule has 0 saturated heterocycles. The van der Waals surface area contributed by atoms with E-state index in [0.717, 1.165) is 0 Å². The first-order valence-electron chi connectivity index (χ1n) is 4.24. The fourth-order valence-corrected chi connectivity index (χ4v) is 1.13. The molecule has 0 aliphatic rings. The number of thiocarbonyl (C=S) groups is 1. The van der Waals surface area contributed by atoms with E-state index in [4.69, 9.17) is 23.1 Å². The maximum absolute atomic E-state index is 10.6. The number of hydrogen-bond donors (Lipinski definition) is 2. The SMILES string of the molecule is CCN(CCC(N)=S)C(C)C(=O)O. The fraction of sp³-hybridized carbons (Fsp3) is 0.750. The molecule has 3 N–H and O–H groups in total. The molecule has 4 nitrogen and oxygen atoms in total. The Labute approximate surface area is 83.7 Å². The van der Waals surface area contributed by atoms with Gasteiger partial charge in [-0.05, 0) is 13.5 Å². The van der Waals surface area contributed by atoms with Crippen LogP contribution in [0.2, 0.25) is 0 Å². The molecule has 13 heavy (non-hydrogen) atoms. The van der Waals surface area contributed by atoms with Crippen LogP contribution in [-0.4, -0.2) is 40.1 Å². The summed E-state index contributed by atoms with van der Waals surface area (Å²) < 4.78 is 0. The fourth-order valence-electron chi connectivity index (χ4n) is 1.04. The van der Waals surface area contributed by atoms with Gasteiger partial charge in [0, 0.05) is 13.0 Å². The number of rotatable bonds is 6. The Kier molecular flexibility index (Phi) is 5.57. The highest BCUT2D eigenvalue weighted by molar-refractivity contribution is 7.80. The molecule has 0 radical (unpaired) electrons. The van der Waals surface area contributed by atoms with Crippen molar-refractivity contribution < 1.29 is 9.90 Å². The highest BCUT2D eigenvalue weighted by Gasteiger charge is 2.18. The van der Waals surface area contributed by atoms with E-state index in [2.05, 4.69) is 0 Å². The monoisotopic (exact) mass is 204 g/mol. The van der Waals surface area contributed by atoms with E-state index >= 15 is 0 Å². The van der Waals surface area contributed by atoms with E-state index in [9.17, 15) is 4.79 Å². The van der Waals surface area contributed by atoms with Gasteiger partial charge >= 0.3 is 5.97 Å². The number of nitrogens with zero attached hydrogens (tertiary/aromatic N) is 1. The van der Waals surface area contributed by atoms with Gasteiger partial charge in [0.25, 0.3) is 0 Å². The average molecular weight is 204 g/mol. The largest absolute Gasteiger partial charge is 0.480 e. The van der Waals surface area contributed by atoms with Crippen molar-refractivity contribution in [2.24, 2.45) is 5.73 Å². The van der Waals surface area contributed by atoms with Crippen LogP contribution in [-0.2, 0) is 4.79 Å². The molecule has 0 bridgehead atoms. The minimum absolute atomic E-state index is 0.427. The van der Waals surface area contributed by atoms with E-state index in [0.29, 0.717) is 24.5 Å². The number of aliphatic carboxylic acids is 1. The zero-order valence-corrected chi connectivity index (χ0v) is 8.80. The van der Waals surface area contributed by atoms with Gasteiger partial charge in [0.1, 0.15) is 6.04 Å². The van der Waals surface area contributed by atoms with Crippen molar-refractivity contribution in [3.05, 3.63) is 0 Å². The minimum Gasteiger partial charge on any atom is -0.480 e. The lowest BCUT2D eigenvalue weighted by Gasteiger charge is -2.24. The van der Waals surface area contributed by atoms with E-state index in [1.54, 1.807) is 6.92 Å². The number of carboxylic acid groups (broad SMARTS) is 1. The summed E-state index contributed by atoms with van der Waals surface area (Å²) >= 11 is 4.72. The summed E-state index contributed by atoms with van der Waals surface area (Å²) in [6, 6.07) is -0.473. The molecule has 1 atom stereocenters. The molecule has 5 heteroatoms. The Morgan fingerprint density at radius 2 is 2.23 bits per heavy atom. The van der Waals surface area contributed by atoms with Gasteiger partial charge in [-0.3, -0.25) is 9.69 Å². The normalized spacial score (nSPS) is 12.8.